The molecule has 33 heavy (non-hydrogen) atoms. The van der Waals surface area contributed by atoms with Crippen molar-refractivity contribution in [2.24, 2.45) is 0 Å². The van der Waals surface area contributed by atoms with Gasteiger partial charge in [0.1, 0.15) is 18.1 Å². The number of hydrogen-bond donors (Lipinski definition) is 0. The number of aryl methyl sites for hydroxylation is 2. The van der Waals surface area contributed by atoms with Crippen molar-refractivity contribution in [1.82, 2.24) is 0 Å². The van der Waals surface area contributed by atoms with Gasteiger partial charge in [0.15, 0.2) is 0 Å². The first-order chi connectivity index (χ1) is 15.6. The zero-order valence-corrected chi connectivity index (χ0v) is 19.4. The molecule has 0 aliphatic rings. The van der Waals surface area contributed by atoms with Crippen LogP contribution in [0.4, 0.5) is 13.2 Å². The van der Waals surface area contributed by atoms with Gasteiger partial charge >= 0.3 is 6.18 Å². The number of halogens is 3. The lowest BCUT2D eigenvalue weighted by Gasteiger charge is -2.22. The number of aldehydes is 1. The van der Waals surface area contributed by atoms with E-state index in [1.807, 2.05) is 26.0 Å². The molecule has 1 atom stereocenters. The average molecular weight is 455 g/mol. The Bertz CT molecular complexity index is 1060. The Morgan fingerprint density at radius 1 is 0.879 bits per heavy atom. The van der Waals surface area contributed by atoms with Crippen LogP contribution in [-0.4, -0.2) is 12.5 Å². The lowest BCUT2D eigenvalue weighted by molar-refractivity contribution is -0.139. The van der Waals surface area contributed by atoms with E-state index in [1.54, 1.807) is 24.3 Å². The first-order valence-electron chi connectivity index (χ1n) is 11.1. The molecule has 5 heteroatoms. The third-order valence-corrected chi connectivity index (χ3v) is 5.78. The van der Waals surface area contributed by atoms with Crippen LogP contribution in [0.1, 0.15) is 71.3 Å². The number of rotatable bonds is 8. The van der Waals surface area contributed by atoms with Gasteiger partial charge in [0.05, 0.1) is 0 Å². The Morgan fingerprint density at radius 2 is 1.42 bits per heavy atom. The Morgan fingerprint density at radius 3 is 1.91 bits per heavy atom. The number of hydrogen-bond acceptors (Lipinski definition) is 2. The lowest BCUT2D eigenvalue weighted by Crippen LogP contribution is -2.14. The predicted octanol–water partition coefficient (Wildman–Crippen LogP) is 8.37. The van der Waals surface area contributed by atoms with Crippen LogP contribution in [0.2, 0.25) is 0 Å². The first-order valence-corrected chi connectivity index (χ1v) is 11.1. The summed E-state index contributed by atoms with van der Waals surface area (Å²) in [5.41, 5.74) is 6.52. The highest BCUT2D eigenvalue weighted by Crippen LogP contribution is 2.36. The minimum Gasteiger partial charge on any atom is -0.486 e. The molecule has 0 amide bonds. The third-order valence-electron chi connectivity index (χ3n) is 5.78. The second kappa shape index (κ2) is 10.2. The molecule has 3 aromatic rings. The summed E-state index contributed by atoms with van der Waals surface area (Å²) in [5.74, 6) is 0.977. The smallest absolute Gasteiger partial charge is 0.389 e. The van der Waals surface area contributed by atoms with Crippen molar-refractivity contribution in [2.45, 2.75) is 58.7 Å². The molecular formula is C28H29F3O2. The molecule has 0 aromatic heterocycles. The molecular weight excluding hydrogens is 425 g/mol. The van der Waals surface area contributed by atoms with Crippen LogP contribution < -0.4 is 4.74 Å². The summed E-state index contributed by atoms with van der Waals surface area (Å²) in [6, 6.07) is 18.7. The fourth-order valence-corrected chi connectivity index (χ4v) is 4.02. The maximum atomic E-state index is 12.9. The van der Waals surface area contributed by atoms with Gasteiger partial charge in [-0.05, 0) is 71.7 Å². The quantitative estimate of drug-likeness (QED) is 0.320. The minimum atomic E-state index is -4.28. The van der Waals surface area contributed by atoms with Crippen molar-refractivity contribution < 1.29 is 22.7 Å². The van der Waals surface area contributed by atoms with Crippen LogP contribution in [0.3, 0.4) is 0 Å². The molecule has 0 spiro atoms. The summed E-state index contributed by atoms with van der Waals surface area (Å²) in [6.07, 6.45) is -5.51. The van der Waals surface area contributed by atoms with Crippen LogP contribution >= 0.6 is 0 Å². The molecule has 0 aliphatic heterocycles. The number of alkyl halides is 3. The van der Waals surface area contributed by atoms with Crippen LogP contribution in [0, 0.1) is 13.8 Å². The van der Waals surface area contributed by atoms with Crippen LogP contribution in [-0.2, 0) is 0 Å². The molecule has 3 rings (SSSR count). The molecule has 2 nitrogen and oxygen atoms in total. The van der Waals surface area contributed by atoms with Gasteiger partial charge in [-0.3, -0.25) is 4.79 Å². The summed E-state index contributed by atoms with van der Waals surface area (Å²) >= 11 is 0. The van der Waals surface area contributed by atoms with Crippen molar-refractivity contribution >= 4 is 6.29 Å². The van der Waals surface area contributed by atoms with Gasteiger partial charge in [0.25, 0.3) is 0 Å². The summed E-state index contributed by atoms with van der Waals surface area (Å²) < 4.78 is 44.9. The molecule has 1 unspecified atom stereocenters. The van der Waals surface area contributed by atoms with Crippen molar-refractivity contribution in [2.75, 3.05) is 0 Å². The van der Waals surface area contributed by atoms with E-state index in [0.29, 0.717) is 29.1 Å². The van der Waals surface area contributed by atoms with Crippen LogP contribution in [0.5, 0.6) is 5.75 Å². The number of carbonyl (C=O) groups excluding carboxylic acids is 1. The second-order valence-corrected chi connectivity index (χ2v) is 8.75. The Balaban J connectivity index is 1.89. The van der Waals surface area contributed by atoms with Crippen molar-refractivity contribution in [1.29, 1.82) is 0 Å². The van der Waals surface area contributed by atoms with Crippen molar-refractivity contribution in [3.63, 3.8) is 0 Å². The molecule has 3 aromatic carbocycles. The second-order valence-electron chi connectivity index (χ2n) is 8.75. The van der Waals surface area contributed by atoms with Gasteiger partial charge in [-0.2, -0.15) is 13.2 Å². The van der Waals surface area contributed by atoms with E-state index in [0.717, 1.165) is 22.3 Å². The highest BCUT2D eigenvalue weighted by molar-refractivity contribution is 5.74. The van der Waals surface area contributed by atoms with Crippen LogP contribution in [0.25, 0.3) is 11.1 Å². The van der Waals surface area contributed by atoms with E-state index in [1.165, 1.54) is 5.56 Å². The topological polar surface area (TPSA) is 26.3 Å². The van der Waals surface area contributed by atoms with E-state index in [2.05, 4.69) is 38.1 Å². The van der Waals surface area contributed by atoms with Gasteiger partial charge in [-0.15, -0.1) is 0 Å². The number of benzene rings is 3. The largest absolute Gasteiger partial charge is 0.486 e. The van der Waals surface area contributed by atoms with E-state index >= 15 is 0 Å². The Labute approximate surface area is 193 Å². The fraction of sp³-hybridized carbons (Fsp3) is 0.321. The maximum Gasteiger partial charge on any atom is 0.389 e. The molecule has 0 radical (unpaired) electrons. The predicted molar refractivity (Wildman–Crippen MR) is 126 cm³/mol. The van der Waals surface area contributed by atoms with Gasteiger partial charge in [0, 0.05) is 12.0 Å². The van der Waals surface area contributed by atoms with Gasteiger partial charge in [0.2, 0.25) is 0 Å². The zero-order valence-electron chi connectivity index (χ0n) is 19.4. The molecule has 0 aliphatic carbocycles. The lowest BCUT2D eigenvalue weighted by atomic mass is 9.93. The van der Waals surface area contributed by atoms with Crippen molar-refractivity contribution in [3.8, 4) is 16.9 Å². The molecule has 0 saturated carbocycles. The minimum absolute atomic E-state index is 0.208. The van der Waals surface area contributed by atoms with E-state index < -0.39 is 18.7 Å². The summed E-state index contributed by atoms with van der Waals surface area (Å²) in [5, 5.41) is 0. The first kappa shape index (κ1) is 24.6. The van der Waals surface area contributed by atoms with Gasteiger partial charge in [-0.25, -0.2) is 0 Å². The van der Waals surface area contributed by atoms with Gasteiger partial charge < -0.3 is 4.74 Å². The Kier molecular flexibility index (Phi) is 7.62. The SMILES string of the molecule is Cc1cc(OC(CCC(F)(F)F)c2ccc(C=O)cc2)cc(C)c1-c1ccc(C(C)C)cc1. The number of carbonyl (C=O) groups is 1. The normalized spacial score (nSPS) is 12.6. The standard InChI is InChI=1S/C28H29F3O2/c1-18(2)22-9-11-24(12-10-22)27-19(3)15-25(16-20(27)4)33-26(13-14-28(29,30)31)23-7-5-21(17-32)6-8-23/h5-12,15-18,26H,13-14H2,1-4H3. The molecule has 0 fully saturated rings. The molecule has 0 heterocycles. The Hall–Kier alpha value is -3.08. The fourth-order valence-electron chi connectivity index (χ4n) is 4.02. The summed E-state index contributed by atoms with van der Waals surface area (Å²) in [4.78, 5) is 10.9. The van der Waals surface area contributed by atoms with Crippen molar-refractivity contribution in [3.05, 3.63) is 88.5 Å². The highest BCUT2D eigenvalue weighted by Gasteiger charge is 2.29. The van der Waals surface area contributed by atoms with E-state index in [-0.39, 0.29) is 6.42 Å². The number of ether oxygens (including phenoxy) is 1. The van der Waals surface area contributed by atoms with E-state index in [9.17, 15) is 18.0 Å². The summed E-state index contributed by atoms with van der Waals surface area (Å²) in [6.45, 7) is 8.27. The summed E-state index contributed by atoms with van der Waals surface area (Å²) in [7, 11) is 0. The molecule has 0 bridgehead atoms. The molecule has 174 valence electrons. The highest BCUT2D eigenvalue weighted by atomic mass is 19.4. The zero-order chi connectivity index (χ0) is 24.2. The third kappa shape index (κ3) is 6.47. The average Bonchev–Trinajstić information content (AvgIpc) is 2.76. The van der Waals surface area contributed by atoms with Gasteiger partial charge in [-0.1, -0.05) is 62.4 Å². The van der Waals surface area contributed by atoms with E-state index in [4.69, 9.17) is 4.74 Å². The van der Waals surface area contributed by atoms with Crippen LogP contribution in [0.15, 0.2) is 60.7 Å². The monoisotopic (exact) mass is 454 g/mol. The molecule has 0 N–H and O–H groups in total. The molecule has 0 saturated heterocycles. The maximum absolute atomic E-state index is 12.9.